The van der Waals surface area contributed by atoms with E-state index in [0.29, 0.717) is 12.3 Å². The van der Waals surface area contributed by atoms with E-state index in [1.165, 1.54) is 0 Å². The molecule has 0 bridgehead atoms. The van der Waals surface area contributed by atoms with Gasteiger partial charge in [-0.3, -0.25) is 9.59 Å². The van der Waals surface area contributed by atoms with E-state index in [9.17, 15) is 9.59 Å². The monoisotopic (exact) mass is 341 g/mol. The third-order valence-corrected chi connectivity index (χ3v) is 3.66. The average Bonchev–Trinajstić information content (AvgIpc) is 2.50. The molecule has 2 atom stereocenters. The second-order valence-corrected chi connectivity index (χ2v) is 5.89. The molecule has 0 radical (unpaired) electrons. The summed E-state index contributed by atoms with van der Waals surface area (Å²) in [6.45, 7) is 6.03. The minimum atomic E-state index is -0.608. The molecule has 1 heterocycles. The molecule has 0 aliphatic carbocycles. The Hall–Kier alpha value is -1.79. The maximum Gasteiger partial charge on any atom is 0.246 e. The first-order chi connectivity index (χ1) is 10.4. The Morgan fingerprint density at radius 2 is 2.04 bits per heavy atom. The summed E-state index contributed by atoms with van der Waals surface area (Å²) in [5.74, 6) is 0.226. The van der Waals surface area contributed by atoms with Crippen molar-refractivity contribution in [3.05, 3.63) is 24.3 Å². The van der Waals surface area contributed by atoms with Gasteiger partial charge in [-0.2, -0.15) is 0 Å². The topological polar surface area (TPSA) is 84.7 Å². The summed E-state index contributed by atoms with van der Waals surface area (Å²) in [5, 5.41) is 2.61. The van der Waals surface area contributed by atoms with Gasteiger partial charge in [0.2, 0.25) is 11.8 Å². The molecule has 1 aromatic rings. The predicted octanol–water partition coefficient (Wildman–Crippen LogP) is 1.32. The van der Waals surface area contributed by atoms with Crippen molar-refractivity contribution >= 4 is 29.9 Å². The summed E-state index contributed by atoms with van der Waals surface area (Å²) < 4.78 is 5.71. The van der Waals surface area contributed by atoms with Crippen LogP contribution in [0.4, 0.5) is 5.69 Å². The molecule has 2 rings (SSSR count). The minimum absolute atomic E-state index is 0. The van der Waals surface area contributed by atoms with Crippen molar-refractivity contribution < 1.29 is 14.3 Å². The summed E-state index contributed by atoms with van der Waals surface area (Å²) in [5.41, 5.74) is 6.50. The fraction of sp³-hybridized carbons (Fsp3) is 0.500. The van der Waals surface area contributed by atoms with Crippen molar-refractivity contribution in [1.82, 2.24) is 5.32 Å². The van der Waals surface area contributed by atoms with Crippen LogP contribution >= 0.6 is 12.4 Å². The van der Waals surface area contributed by atoms with Crippen molar-refractivity contribution in [1.29, 1.82) is 0 Å². The molecule has 2 amide bonds. The van der Waals surface area contributed by atoms with E-state index < -0.39 is 6.04 Å². The van der Waals surface area contributed by atoms with Gasteiger partial charge in [-0.05, 0) is 25.0 Å². The highest BCUT2D eigenvalue weighted by Gasteiger charge is 2.27. The SMILES string of the molecule is CC1CN(C(=O)CNC(=O)[C@@H](N)C(C)C)c2ccccc2O1.Cl. The van der Waals surface area contributed by atoms with Crippen LogP contribution in [0, 0.1) is 5.92 Å². The van der Waals surface area contributed by atoms with Gasteiger partial charge in [0.15, 0.2) is 0 Å². The molecule has 1 aromatic carbocycles. The van der Waals surface area contributed by atoms with Crippen LogP contribution in [0.2, 0.25) is 0 Å². The van der Waals surface area contributed by atoms with Crippen molar-refractivity contribution in [2.45, 2.75) is 32.9 Å². The Labute approximate surface area is 142 Å². The van der Waals surface area contributed by atoms with Gasteiger partial charge in [0, 0.05) is 0 Å². The number of nitrogens with two attached hydrogens (primary N) is 1. The van der Waals surface area contributed by atoms with Crippen LogP contribution in [-0.4, -0.2) is 37.0 Å². The van der Waals surface area contributed by atoms with Gasteiger partial charge < -0.3 is 20.7 Å². The number of amides is 2. The van der Waals surface area contributed by atoms with Gasteiger partial charge in [0.25, 0.3) is 0 Å². The summed E-state index contributed by atoms with van der Waals surface area (Å²) >= 11 is 0. The highest BCUT2D eigenvalue weighted by atomic mass is 35.5. The lowest BCUT2D eigenvalue weighted by atomic mass is 10.1. The normalized spacial score (nSPS) is 17.6. The number of benzene rings is 1. The van der Waals surface area contributed by atoms with Crippen molar-refractivity contribution in [3.63, 3.8) is 0 Å². The molecule has 1 unspecified atom stereocenters. The molecule has 23 heavy (non-hydrogen) atoms. The molecule has 1 aliphatic heterocycles. The van der Waals surface area contributed by atoms with E-state index in [2.05, 4.69) is 5.32 Å². The van der Waals surface area contributed by atoms with Gasteiger partial charge in [-0.1, -0.05) is 26.0 Å². The van der Waals surface area contributed by atoms with Crippen molar-refractivity contribution in [2.24, 2.45) is 11.7 Å². The van der Waals surface area contributed by atoms with Crippen molar-refractivity contribution in [2.75, 3.05) is 18.0 Å². The summed E-state index contributed by atoms with van der Waals surface area (Å²) in [6.07, 6.45) is -0.0903. The van der Waals surface area contributed by atoms with Gasteiger partial charge in [-0.15, -0.1) is 12.4 Å². The second-order valence-electron chi connectivity index (χ2n) is 5.89. The number of anilines is 1. The zero-order valence-corrected chi connectivity index (χ0v) is 14.4. The number of para-hydroxylation sites is 2. The van der Waals surface area contributed by atoms with E-state index >= 15 is 0 Å². The fourth-order valence-electron chi connectivity index (χ4n) is 2.30. The van der Waals surface area contributed by atoms with Crippen LogP contribution in [-0.2, 0) is 9.59 Å². The molecule has 0 fully saturated rings. The Bertz CT molecular complexity index is 565. The largest absolute Gasteiger partial charge is 0.487 e. The molecule has 128 valence electrons. The van der Waals surface area contributed by atoms with Crippen LogP contribution in [0.1, 0.15) is 20.8 Å². The maximum absolute atomic E-state index is 12.4. The Morgan fingerprint density at radius 1 is 1.39 bits per heavy atom. The molecule has 0 saturated heterocycles. The molecule has 1 aliphatic rings. The molecular weight excluding hydrogens is 318 g/mol. The molecule has 7 heteroatoms. The zero-order valence-electron chi connectivity index (χ0n) is 13.6. The highest BCUT2D eigenvalue weighted by Crippen LogP contribution is 2.32. The van der Waals surface area contributed by atoms with Crippen LogP contribution in [0.5, 0.6) is 5.75 Å². The first-order valence-corrected chi connectivity index (χ1v) is 7.49. The number of carbonyl (C=O) groups is 2. The Morgan fingerprint density at radius 3 is 2.70 bits per heavy atom. The predicted molar refractivity (Wildman–Crippen MR) is 92.0 cm³/mol. The average molecular weight is 342 g/mol. The summed E-state index contributed by atoms with van der Waals surface area (Å²) in [6, 6.07) is 6.78. The molecule has 6 nitrogen and oxygen atoms in total. The second kappa shape index (κ2) is 8.17. The van der Waals surface area contributed by atoms with Gasteiger partial charge >= 0.3 is 0 Å². The molecule has 0 aromatic heterocycles. The molecular formula is C16H24ClN3O3. The molecule has 0 spiro atoms. The lowest BCUT2D eigenvalue weighted by Crippen LogP contribution is -2.50. The smallest absolute Gasteiger partial charge is 0.246 e. The van der Waals surface area contributed by atoms with E-state index in [0.717, 1.165) is 5.69 Å². The lowest BCUT2D eigenvalue weighted by Gasteiger charge is -2.33. The van der Waals surface area contributed by atoms with E-state index in [1.54, 1.807) is 4.90 Å². The Kier molecular flexibility index (Phi) is 6.84. The number of nitrogens with zero attached hydrogens (tertiary/aromatic N) is 1. The number of fused-ring (bicyclic) bond motifs is 1. The first kappa shape index (κ1) is 19.3. The minimum Gasteiger partial charge on any atom is -0.487 e. The molecule has 3 N–H and O–H groups in total. The number of halogens is 1. The fourth-order valence-corrected chi connectivity index (χ4v) is 2.30. The number of rotatable bonds is 4. The van der Waals surface area contributed by atoms with Crippen molar-refractivity contribution in [3.8, 4) is 5.75 Å². The quantitative estimate of drug-likeness (QED) is 0.865. The zero-order chi connectivity index (χ0) is 16.3. The molecule has 0 saturated carbocycles. The van der Waals surface area contributed by atoms with Crippen LogP contribution in [0.15, 0.2) is 24.3 Å². The number of nitrogens with one attached hydrogen (secondary N) is 1. The lowest BCUT2D eigenvalue weighted by molar-refractivity contribution is -0.126. The van der Waals surface area contributed by atoms with Crippen LogP contribution in [0.25, 0.3) is 0 Å². The van der Waals surface area contributed by atoms with Crippen LogP contribution in [0.3, 0.4) is 0 Å². The Balaban J connectivity index is 0.00000264. The summed E-state index contributed by atoms with van der Waals surface area (Å²) in [4.78, 5) is 25.9. The van der Waals surface area contributed by atoms with Gasteiger partial charge in [0.1, 0.15) is 11.9 Å². The van der Waals surface area contributed by atoms with E-state index in [1.807, 2.05) is 45.0 Å². The maximum atomic E-state index is 12.4. The third-order valence-electron chi connectivity index (χ3n) is 3.66. The van der Waals surface area contributed by atoms with E-state index in [4.69, 9.17) is 10.5 Å². The third kappa shape index (κ3) is 4.59. The first-order valence-electron chi connectivity index (χ1n) is 7.49. The number of hydrogen-bond acceptors (Lipinski definition) is 4. The standard InChI is InChI=1S/C16H23N3O3.ClH/c1-10(2)15(17)16(21)18-8-14(20)19-9-11(3)22-13-7-5-4-6-12(13)19;/h4-7,10-11,15H,8-9,17H2,1-3H3,(H,18,21);1H/t11?,15-;/m0./s1. The van der Waals surface area contributed by atoms with Gasteiger partial charge in [-0.25, -0.2) is 0 Å². The summed E-state index contributed by atoms with van der Waals surface area (Å²) in [7, 11) is 0. The number of ether oxygens (including phenoxy) is 1. The van der Waals surface area contributed by atoms with E-state index in [-0.39, 0.29) is 42.8 Å². The van der Waals surface area contributed by atoms with Gasteiger partial charge in [0.05, 0.1) is 24.8 Å². The highest BCUT2D eigenvalue weighted by molar-refractivity contribution is 5.98. The van der Waals surface area contributed by atoms with Crippen LogP contribution < -0.4 is 20.7 Å². The number of carbonyl (C=O) groups excluding carboxylic acids is 2. The number of hydrogen-bond donors (Lipinski definition) is 2.